The molecule has 0 radical (unpaired) electrons. The van der Waals surface area contributed by atoms with Gasteiger partial charge in [-0.3, -0.25) is 0 Å². The van der Waals surface area contributed by atoms with Crippen LogP contribution in [0.5, 0.6) is 0 Å². The van der Waals surface area contributed by atoms with E-state index in [0.29, 0.717) is 11.7 Å². The monoisotopic (exact) mass is 375 g/mol. The van der Waals surface area contributed by atoms with Crippen molar-refractivity contribution in [2.24, 2.45) is 0 Å². The van der Waals surface area contributed by atoms with Gasteiger partial charge < -0.3 is 15.5 Å². The van der Waals surface area contributed by atoms with Crippen LogP contribution in [0.2, 0.25) is 0 Å². The first-order valence-corrected chi connectivity index (χ1v) is 9.71. The summed E-state index contributed by atoms with van der Waals surface area (Å²) in [4.78, 5) is 11.6. The normalized spacial score (nSPS) is 11.1. The minimum absolute atomic E-state index is 0.519. The van der Waals surface area contributed by atoms with E-state index in [0.717, 1.165) is 36.0 Å². The molecule has 28 heavy (non-hydrogen) atoms. The second-order valence-corrected chi connectivity index (χ2v) is 7.46. The maximum Gasteiger partial charge on any atom is 0.163 e. The third-order valence-corrected chi connectivity index (χ3v) is 4.47. The summed E-state index contributed by atoms with van der Waals surface area (Å²) in [7, 11) is 4.12. The molecule has 0 aliphatic heterocycles. The van der Waals surface area contributed by atoms with Gasteiger partial charge in [-0.05, 0) is 37.7 Å². The second-order valence-electron chi connectivity index (χ2n) is 7.46. The van der Waals surface area contributed by atoms with Crippen molar-refractivity contribution in [2.45, 2.75) is 19.8 Å². The van der Waals surface area contributed by atoms with E-state index >= 15 is 0 Å². The third-order valence-electron chi connectivity index (χ3n) is 4.47. The number of nitrogens with zero attached hydrogens (tertiary/aromatic N) is 3. The zero-order valence-corrected chi connectivity index (χ0v) is 17.1. The van der Waals surface area contributed by atoms with Gasteiger partial charge in [-0.25, -0.2) is 9.97 Å². The van der Waals surface area contributed by atoms with Gasteiger partial charge in [-0.1, -0.05) is 56.3 Å². The summed E-state index contributed by atoms with van der Waals surface area (Å²) in [6.45, 7) is 6.15. The standard InChI is InChI=1S/C23H29N5/c1-17(2)18-10-12-20(13-11-18)25-22-16-21(24-14-15-28(3)4)26-23(27-22)19-8-6-5-7-9-19/h5-13,16-17H,14-15H2,1-4H3,(H2,24,25,26,27). The van der Waals surface area contributed by atoms with Crippen LogP contribution >= 0.6 is 0 Å². The summed E-state index contributed by atoms with van der Waals surface area (Å²) in [5, 5.41) is 6.82. The van der Waals surface area contributed by atoms with E-state index < -0.39 is 0 Å². The Morgan fingerprint density at radius 1 is 0.893 bits per heavy atom. The van der Waals surface area contributed by atoms with E-state index in [9.17, 15) is 0 Å². The maximum absolute atomic E-state index is 4.73. The molecule has 2 aromatic carbocycles. The first kappa shape index (κ1) is 19.8. The molecule has 0 unspecified atom stereocenters. The van der Waals surface area contributed by atoms with Crippen LogP contribution in [0.15, 0.2) is 60.7 Å². The van der Waals surface area contributed by atoms with E-state index in [2.05, 4.69) is 67.7 Å². The number of likely N-dealkylation sites (N-methyl/N-ethyl adjacent to an activating group) is 1. The summed E-state index contributed by atoms with van der Waals surface area (Å²) in [6.07, 6.45) is 0. The lowest BCUT2D eigenvalue weighted by Crippen LogP contribution is -2.21. The van der Waals surface area contributed by atoms with Gasteiger partial charge in [0.15, 0.2) is 5.82 Å². The van der Waals surface area contributed by atoms with Gasteiger partial charge in [0.1, 0.15) is 11.6 Å². The predicted molar refractivity (Wildman–Crippen MR) is 118 cm³/mol. The van der Waals surface area contributed by atoms with Crippen molar-refractivity contribution >= 4 is 17.3 Å². The van der Waals surface area contributed by atoms with Gasteiger partial charge in [0, 0.05) is 30.4 Å². The lowest BCUT2D eigenvalue weighted by molar-refractivity contribution is 0.425. The lowest BCUT2D eigenvalue weighted by atomic mass is 10.0. The molecule has 146 valence electrons. The largest absolute Gasteiger partial charge is 0.369 e. The Kier molecular flexibility index (Phi) is 6.61. The fraction of sp³-hybridized carbons (Fsp3) is 0.304. The molecule has 5 heteroatoms. The summed E-state index contributed by atoms with van der Waals surface area (Å²) in [6, 6.07) is 20.5. The third kappa shape index (κ3) is 5.54. The summed E-state index contributed by atoms with van der Waals surface area (Å²) in [5.41, 5.74) is 3.34. The number of hydrogen-bond donors (Lipinski definition) is 2. The van der Waals surface area contributed by atoms with Crippen LogP contribution in [0.1, 0.15) is 25.3 Å². The number of anilines is 3. The highest BCUT2D eigenvalue weighted by molar-refractivity contribution is 5.65. The van der Waals surface area contributed by atoms with Gasteiger partial charge in [0.05, 0.1) is 0 Å². The van der Waals surface area contributed by atoms with E-state index in [1.165, 1.54) is 5.56 Å². The minimum atomic E-state index is 0.519. The van der Waals surface area contributed by atoms with E-state index in [4.69, 9.17) is 9.97 Å². The van der Waals surface area contributed by atoms with Crippen LogP contribution in [0.25, 0.3) is 11.4 Å². The molecular formula is C23H29N5. The van der Waals surface area contributed by atoms with Gasteiger partial charge in [-0.2, -0.15) is 0 Å². The molecule has 0 bridgehead atoms. The van der Waals surface area contributed by atoms with Crippen LogP contribution < -0.4 is 10.6 Å². The SMILES string of the molecule is CC(C)c1ccc(Nc2cc(NCCN(C)C)nc(-c3ccccc3)n2)cc1. The fourth-order valence-electron chi connectivity index (χ4n) is 2.82. The average Bonchev–Trinajstić information content (AvgIpc) is 2.68. The Labute approximate surface area is 167 Å². The first-order chi connectivity index (χ1) is 13.5. The van der Waals surface area contributed by atoms with Crippen molar-refractivity contribution in [2.75, 3.05) is 37.8 Å². The summed E-state index contributed by atoms with van der Waals surface area (Å²) >= 11 is 0. The minimum Gasteiger partial charge on any atom is -0.369 e. The molecule has 3 rings (SSSR count). The van der Waals surface area contributed by atoms with Crippen molar-refractivity contribution in [3.63, 3.8) is 0 Å². The van der Waals surface area contributed by atoms with Crippen molar-refractivity contribution in [3.8, 4) is 11.4 Å². The van der Waals surface area contributed by atoms with Crippen molar-refractivity contribution < 1.29 is 0 Å². The molecule has 0 saturated heterocycles. The number of benzene rings is 2. The average molecular weight is 376 g/mol. The summed E-state index contributed by atoms with van der Waals surface area (Å²) in [5.74, 6) is 2.82. The molecule has 0 aliphatic rings. The highest BCUT2D eigenvalue weighted by Crippen LogP contribution is 2.24. The quantitative estimate of drug-likeness (QED) is 0.581. The van der Waals surface area contributed by atoms with Crippen LogP contribution in [-0.4, -0.2) is 42.1 Å². The molecule has 0 saturated carbocycles. The van der Waals surface area contributed by atoms with Gasteiger partial charge in [0.25, 0.3) is 0 Å². The fourth-order valence-corrected chi connectivity index (χ4v) is 2.82. The molecule has 0 fully saturated rings. The number of aromatic nitrogens is 2. The highest BCUT2D eigenvalue weighted by Gasteiger charge is 2.08. The van der Waals surface area contributed by atoms with Crippen molar-refractivity contribution in [1.29, 1.82) is 0 Å². The predicted octanol–water partition coefficient (Wildman–Crippen LogP) is 4.98. The zero-order chi connectivity index (χ0) is 19.9. The van der Waals surface area contributed by atoms with E-state index in [1.54, 1.807) is 0 Å². The Hall–Kier alpha value is -2.92. The molecule has 0 spiro atoms. The maximum atomic E-state index is 4.73. The molecular weight excluding hydrogens is 346 g/mol. The Morgan fingerprint density at radius 3 is 2.21 bits per heavy atom. The van der Waals surface area contributed by atoms with Crippen molar-refractivity contribution in [1.82, 2.24) is 14.9 Å². The van der Waals surface area contributed by atoms with Crippen LogP contribution in [0.4, 0.5) is 17.3 Å². The number of hydrogen-bond acceptors (Lipinski definition) is 5. The Bertz CT molecular complexity index is 873. The second kappa shape index (κ2) is 9.33. The first-order valence-electron chi connectivity index (χ1n) is 9.71. The number of nitrogens with one attached hydrogen (secondary N) is 2. The smallest absolute Gasteiger partial charge is 0.163 e. The van der Waals surface area contributed by atoms with Gasteiger partial charge >= 0.3 is 0 Å². The molecule has 5 nitrogen and oxygen atoms in total. The Morgan fingerprint density at radius 2 is 1.57 bits per heavy atom. The molecule has 0 amide bonds. The topological polar surface area (TPSA) is 53.1 Å². The molecule has 0 aliphatic carbocycles. The highest BCUT2D eigenvalue weighted by atomic mass is 15.1. The molecule has 3 aromatic rings. The van der Waals surface area contributed by atoms with Crippen LogP contribution in [0, 0.1) is 0 Å². The van der Waals surface area contributed by atoms with Crippen molar-refractivity contribution in [3.05, 3.63) is 66.2 Å². The molecule has 2 N–H and O–H groups in total. The van der Waals surface area contributed by atoms with E-state index in [1.807, 2.05) is 36.4 Å². The molecule has 1 aromatic heterocycles. The van der Waals surface area contributed by atoms with Gasteiger partial charge in [0.2, 0.25) is 0 Å². The number of rotatable bonds is 8. The zero-order valence-electron chi connectivity index (χ0n) is 17.1. The molecule has 0 atom stereocenters. The van der Waals surface area contributed by atoms with Crippen LogP contribution in [-0.2, 0) is 0 Å². The lowest BCUT2D eigenvalue weighted by Gasteiger charge is -2.14. The Balaban J connectivity index is 1.85. The van der Waals surface area contributed by atoms with E-state index in [-0.39, 0.29) is 0 Å². The van der Waals surface area contributed by atoms with Crippen LogP contribution in [0.3, 0.4) is 0 Å². The summed E-state index contributed by atoms with van der Waals surface area (Å²) < 4.78 is 0. The molecule has 1 heterocycles. The van der Waals surface area contributed by atoms with Gasteiger partial charge in [-0.15, -0.1) is 0 Å².